The van der Waals surface area contributed by atoms with E-state index >= 15 is 0 Å². The summed E-state index contributed by atoms with van der Waals surface area (Å²) >= 11 is 0. The molecule has 0 heterocycles. The van der Waals surface area contributed by atoms with Gasteiger partial charge in [-0.2, -0.15) is 0 Å². The molecule has 0 aromatic heterocycles. The average molecular weight is 423 g/mol. The third-order valence-electron chi connectivity index (χ3n) is 4.70. The van der Waals surface area contributed by atoms with E-state index in [1.807, 2.05) is 49.3 Å². The molecule has 3 aromatic carbocycles. The lowest BCUT2D eigenvalue weighted by atomic mass is 10.1. The molecule has 0 saturated heterocycles. The van der Waals surface area contributed by atoms with E-state index in [0.717, 1.165) is 5.56 Å². The fraction of sp³-hybridized carbons (Fsp3) is 0.208. The van der Waals surface area contributed by atoms with Crippen molar-refractivity contribution in [1.82, 2.24) is 10.2 Å². The van der Waals surface area contributed by atoms with Gasteiger partial charge < -0.3 is 10.2 Å². The first-order chi connectivity index (χ1) is 14.3. The van der Waals surface area contributed by atoms with Gasteiger partial charge in [-0.1, -0.05) is 60.7 Å². The monoisotopic (exact) mass is 422 g/mol. The molecule has 0 aliphatic heterocycles. The van der Waals surface area contributed by atoms with Gasteiger partial charge in [0, 0.05) is 12.1 Å². The van der Waals surface area contributed by atoms with Crippen molar-refractivity contribution in [2.24, 2.45) is 0 Å². The summed E-state index contributed by atoms with van der Waals surface area (Å²) in [6, 6.07) is 24.7. The molecule has 0 radical (unpaired) electrons. The smallest absolute Gasteiger partial charge is 0.251 e. The Labute approximate surface area is 178 Å². The quantitative estimate of drug-likeness (QED) is 0.601. The number of nitrogens with one attached hydrogen (secondary N) is 1. The SMILES string of the molecule is CN(C)CC(NC(=O)c1cccc(CS(=O)(=O)c2ccccc2)c1)c1ccccc1. The molecule has 1 N–H and O–H groups in total. The van der Waals surface area contributed by atoms with E-state index in [2.05, 4.69) is 5.32 Å². The molecule has 5 nitrogen and oxygen atoms in total. The molecular weight excluding hydrogens is 396 g/mol. The maximum Gasteiger partial charge on any atom is 0.251 e. The second-order valence-electron chi connectivity index (χ2n) is 7.47. The van der Waals surface area contributed by atoms with E-state index < -0.39 is 9.84 Å². The molecule has 1 atom stereocenters. The number of rotatable bonds is 8. The molecular formula is C24H26N2O3S. The van der Waals surface area contributed by atoms with Crippen molar-refractivity contribution in [2.75, 3.05) is 20.6 Å². The van der Waals surface area contributed by atoms with Gasteiger partial charge >= 0.3 is 0 Å². The zero-order valence-corrected chi connectivity index (χ0v) is 18.0. The van der Waals surface area contributed by atoms with Crippen molar-refractivity contribution < 1.29 is 13.2 Å². The minimum absolute atomic E-state index is 0.155. The molecule has 30 heavy (non-hydrogen) atoms. The van der Waals surface area contributed by atoms with Crippen molar-refractivity contribution in [1.29, 1.82) is 0 Å². The van der Waals surface area contributed by atoms with Gasteiger partial charge in [0.2, 0.25) is 0 Å². The highest BCUT2D eigenvalue weighted by atomic mass is 32.2. The Balaban J connectivity index is 1.78. The van der Waals surface area contributed by atoms with Gasteiger partial charge in [-0.25, -0.2) is 8.42 Å². The van der Waals surface area contributed by atoms with Gasteiger partial charge in [0.15, 0.2) is 9.84 Å². The predicted octanol–water partition coefficient (Wildman–Crippen LogP) is 3.69. The Morgan fingerprint density at radius 3 is 2.17 bits per heavy atom. The van der Waals surface area contributed by atoms with E-state index in [1.54, 1.807) is 54.6 Å². The molecule has 1 unspecified atom stereocenters. The van der Waals surface area contributed by atoms with Crippen LogP contribution in [0.4, 0.5) is 0 Å². The Bertz CT molecular complexity index is 1080. The highest BCUT2D eigenvalue weighted by Gasteiger charge is 2.19. The average Bonchev–Trinajstić information content (AvgIpc) is 2.74. The fourth-order valence-corrected chi connectivity index (χ4v) is 4.62. The van der Waals surface area contributed by atoms with Crippen LogP contribution in [-0.4, -0.2) is 39.9 Å². The van der Waals surface area contributed by atoms with Crippen molar-refractivity contribution in [3.05, 3.63) is 102 Å². The van der Waals surface area contributed by atoms with Gasteiger partial charge in [-0.15, -0.1) is 0 Å². The van der Waals surface area contributed by atoms with E-state index in [4.69, 9.17) is 0 Å². The van der Waals surface area contributed by atoms with Crippen LogP contribution >= 0.6 is 0 Å². The molecule has 1 amide bonds. The maximum atomic E-state index is 12.9. The first-order valence-corrected chi connectivity index (χ1v) is 11.4. The Kier molecular flexibility index (Phi) is 7.03. The lowest BCUT2D eigenvalue weighted by Crippen LogP contribution is -2.35. The van der Waals surface area contributed by atoms with E-state index in [0.29, 0.717) is 17.7 Å². The first-order valence-electron chi connectivity index (χ1n) is 9.72. The lowest BCUT2D eigenvalue weighted by Gasteiger charge is -2.23. The van der Waals surface area contributed by atoms with Crippen LogP contribution in [0.25, 0.3) is 0 Å². The Hall–Kier alpha value is -2.96. The van der Waals surface area contributed by atoms with Gasteiger partial charge in [0.25, 0.3) is 5.91 Å². The fourth-order valence-electron chi connectivity index (χ4n) is 3.26. The number of hydrogen-bond donors (Lipinski definition) is 1. The summed E-state index contributed by atoms with van der Waals surface area (Å²) in [6.45, 7) is 0.651. The summed E-state index contributed by atoms with van der Waals surface area (Å²) in [5.74, 6) is -0.387. The number of benzene rings is 3. The van der Waals surface area contributed by atoms with Gasteiger partial charge in [0.05, 0.1) is 16.7 Å². The van der Waals surface area contributed by atoms with Crippen molar-refractivity contribution >= 4 is 15.7 Å². The molecule has 0 fully saturated rings. The van der Waals surface area contributed by atoms with Gasteiger partial charge in [-0.3, -0.25) is 4.79 Å². The van der Waals surface area contributed by atoms with Crippen LogP contribution in [0.15, 0.2) is 89.8 Å². The van der Waals surface area contributed by atoms with Crippen LogP contribution < -0.4 is 5.32 Å². The lowest BCUT2D eigenvalue weighted by molar-refractivity contribution is 0.0930. The van der Waals surface area contributed by atoms with Crippen LogP contribution in [0.2, 0.25) is 0 Å². The van der Waals surface area contributed by atoms with E-state index in [-0.39, 0.29) is 22.6 Å². The topological polar surface area (TPSA) is 66.5 Å². The minimum atomic E-state index is -3.48. The second-order valence-corrected chi connectivity index (χ2v) is 9.46. The Morgan fingerprint density at radius 1 is 0.900 bits per heavy atom. The summed E-state index contributed by atoms with van der Waals surface area (Å²) in [5.41, 5.74) is 2.04. The third-order valence-corrected chi connectivity index (χ3v) is 6.41. The third kappa shape index (κ3) is 5.78. The molecule has 0 bridgehead atoms. The summed E-state index contributed by atoms with van der Waals surface area (Å²) in [5, 5.41) is 3.07. The van der Waals surface area contributed by atoms with Gasteiger partial charge in [0.1, 0.15) is 0 Å². The van der Waals surface area contributed by atoms with Crippen LogP contribution in [0, 0.1) is 0 Å². The molecule has 0 saturated carbocycles. The zero-order valence-electron chi connectivity index (χ0n) is 17.2. The molecule has 6 heteroatoms. The highest BCUT2D eigenvalue weighted by molar-refractivity contribution is 7.90. The van der Waals surface area contributed by atoms with Crippen LogP contribution in [0.3, 0.4) is 0 Å². The summed E-state index contributed by atoms with van der Waals surface area (Å²) in [7, 11) is 0.435. The minimum Gasteiger partial charge on any atom is -0.344 e. The first kappa shape index (κ1) is 21.7. The second kappa shape index (κ2) is 9.69. The van der Waals surface area contributed by atoms with E-state index in [9.17, 15) is 13.2 Å². The number of hydrogen-bond acceptors (Lipinski definition) is 4. The van der Waals surface area contributed by atoms with Crippen LogP contribution in [-0.2, 0) is 15.6 Å². The van der Waals surface area contributed by atoms with Crippen molar-refractivity contribution in [3.8, 4) is 0 Å². The summed E-state index contributed by atoms with van der Waals surface area (Å²) in [6.07, 6.45) is 0. The molecule has 3 aromatic rings. The van der Waals surface area contributed by atoms with Crippen LogP contribution in [0.1, 0.15) is 27.5 Å². The Morgan fingerprint density at radius 2 is 1.53 bits per heavy atom. The number of likely N-dealkylation sites (N-methyl/N-ethyl adjacent to an activating group) is 1. The molecule has 0 aliphatic rings. The number of nitrogens with zero attached hydrogens (tertiary/aromatic N) is 1. The van der Waals surface area contributed by atoms with Gasteiger partial charge in [-0.05, 0) is 49.5 Å². The van der Waals surface area contributed by atoms with Crippen molar-refractivity contribution in [2.45, 2.75) is 16.7 Å². The van der Waals surface area contributed by atoms with Crippen molar-refractivity contribution in [3.63, 3.8) is 0 Å². The van der Waals surface area contributed by atoms with E-state index in [1.165, 1.54) is 0 Å². The maximum absolute atomic E-state index is 12.9. The van der Waals surface area contributed by atoms with Crippen LogP contribution in [0.5, 0.6) is 0 Å². The zero-order chi connectivity index (χ0) is 21.6. The molecule has 156 valence electrons. The number of carbonyl (C=O) groups excluding carboxylic acids is 1. The number of amides is 1. The molecule has 3 rings (SSSR count). The summed E-state index contributed by atoms with van der Waals surface area (Å²) < 4.78 is 25.3. The summed E-state index contributed by atoms with van der Waals surface area (Å²) in [4.78, 5) is 15.2. The largest absolute Gasteiger partial charge is 0.344 e. The number of carbonyl (C=O) groups is 1. The normalized spacial score (nSPS) is 12.5. The number of sulfone groups is 1. The molecule has 0 aliphatic carbocycles. The molecule has 0 spiro atoms. The highest BCUT2D eigenvalue weighted by Crippen LogP contribution is 2.18. The standard InChI is InChI=1S/C24H26N2O3S/c1-26(2)17-23(20-11-5-3-6-12-20)25-24(27)21-13-9-10-19(16-21)18-30(28,29)22-14-7-4-8-15-22/h3-16,23H,17-18H2,1-2H3,(H,25,27). The predicted molar refractivity (Wildman–Crippen MR) is 119 cm³/mol.